The van der Waals surface area contributed by atoms with Gasteiger partial charge in [0.05, 0.1) is 24.5 Å². The number of H-pyrrole nitrogens is 1. The minimum absolute atomic E-state index is 0.452. The minimum Gasteiger partial charge on any atom is -0.334 e. The first kappa shape index (κ1) is 14.3. The van der Waals surface area contributed by atoms with E-state index >= 15 is 0 Å². The van der Waals surface area contributed by atoms with E-state index in [0.717, 1.165) is 26.1 Å². The number of piperidine rings is 1. The van der Waals surface area contributed by atoms with E-state index in [1.165, 1.54) is 36.3 Å². The topological polar surface area (TPSA) is 49.7 Å². The van der Waals surface area contributed by atoms with E-state index < -0.39 is 0 Å². The molecule has 0 saturated carbocycles. The number of aromatic amines is 1. The number of imidazole rings is 1. The van der Waals surface area contributed by atoms with E-state index in [1.54, 1.807) is 0 Å². The fourth-order valence-electron chi connectivity index (χ4n) is 3.32. The second kappa shape index (κ2) is 6.43. The number of nitrogens with zero attached hydrogens (tertiary/aromatic N) is 4. The SMILES string of the molecule is CCCn1ccnc1CN1CCCC[C@@H]1c1[nH]ncc1C. The highest BCUT2D eigenvalue weighted by molar-refractivity contribution is 5.18. The zero-order valence-corrected chi connectivity index (χ0v) is 13.0. The number of likely N-dealkylation sites (tertiary alicyclic amines) is 1. The zero-order chi connectivity index (χ0) is 14.7. The Morgan fingerprint density at radius 3 is 3.05 bits per heavy atom. The summed E-state index contributed by atoms with van der Waals surface area (Å²) < 4.78 is 2.28. The van der Waals surface area contributed by atoms with Gasteiger partial charge in [0, 0.05) is 18.9 Å². The third-order valence-corrected chi connectivity index (χ3v) is 4.43. The molecule has 1 saturated heterocycles. The van der Waals surface area contributed by atoms with Crippen LogP contribution in [0.2, 0.25) is 0 Å². The Morgan fingerprint density at radius 1 is 1.38 bits per heavy atom. The van der Waals surface area contributed by atoms with E-state index in [2.05, 4.69) is 44.7 Å². The first-order chi connectivity index (χ1) is 10.3. The van der Waals surface area contributed by atoms with Crippen molar-refractivity contribution in [3.05, 3.63) is 35.7 Å². The van der Waals surface area contributed by atoms with Crippen LogP contribution < -0.4 is 0 Å². The Hall–Kier alpha value is -1.62. The molecule has 0 spiro atoms. The summed E-state index contributed by atoms with van der Waals surface area (Å²) in [4.78, 5) is 7.12. The average Bonchev–Trinajstić information content (AvgIpc) is 3.10. The van der Waals surface area contributed by atoms with Crippen LogP contribution in [0.1, 0.15) is 55.7 Å². The van der Waals surface area contributed by atoms with Gasteiger partial charge in [0.2, 0.25) is 0 Å². The van der Waals surface area contributed by atoms with Crippen molar-refractivity contribution >= 4 is 0 Å². The fourth-order valence-corrected chi connectivity index (χ4v) is 3.32. The van der Waals surface area contributed by atoms with Gasteiger partial charge in [-0.25, -0.2) is 4.98 Å². The van der Waals surface area contributed by atoms with Crippen LogP contribution in [0.4, 0.5) is 0 Å². The number of aromatic nitrogens is 4. The molecule has 114 valence electrons. The Kier molecular flexibility index (Phi) is 4.39. The first-order valence-electron chi connectivity index (χ1n) is 8.03. The first-order valence-corrected chi connectivity index (χ1v) is 8.03. The largest absolute Gasteiger partial charge is 0.334 e. The van der Waals surface area contributed by atoms with Gasteiger partial charge in [0.25, 0.3) is 0 Å². The second-order valence-electron chi connectivity index (χ2n) is 5.99. The van der Waals surface area contributed by atoms with Crippen LogP contribution in [0.5, 0.6) is 0 Å². The number of rotatable bonds is 5. The van der Waals surface area contributed by atoms with E-state index in [4.69, 9.17) is 0 Å². The van der Waals surface area contributed by atoms with Gasteiger partial charge >= 0.3 is 0 Å². The molecule has 1 atom stereocenters. The van der Waals surface area contributed by atoms with Crippen LogP contribution in [-0.4, -0.2) is 31.2 Å². The molecular formula is C16H25N5. The normalized spacial score (nSPS) is 20.0. The maximum Gasteiger partial charge on any atom is 0.122 e. The molecule has 0 amide bonds. The van der Waals surface area contributed by atoms with Crippen molar-refractivity contribution < 1.29 is 0 Å². The van der Waals surface area contributed by atoms with Crippen LogP contribution >= 0.6 is 0 Å². The quantitative estimate of drug-likeness (QED) is 0.919. The Morgan fingerprint density at radius 2 is 2.29 bits per heavy atom. The third kappa shape index (κ3) is 3.02. The second-order valence-corrected chi connectivity index (χ2v) is 5.99. The molecule has 2 aromatic heterocycles. The molecule has 3 rings (SSSR count). The molecule has 21 heavy (non-hydrogen) atoms. The lowest BCUT2D eigenvalue weighted by Crippen LogP contribution is -2.34. The van der Waals surface area contributed by atoms with E-state index in [1.807, 2.05) is 12.4 Å². The molecule has 5 heteroatoms. The highest BCUT2D eigenvalue weighted by Crippen LogP contribution is 2.32. The molecule has 3 heterocycles. The van der Waals surface area contributed by atoms with Crippen molar-refractivity contribution in [3.63, 3.8) is 0 Å². The maximum atomic E-state index is 4.56. The molecule has 0 unspecified atom stereocenters. The number of aryl methyl sites for hydroxylation is 2. The van der Waals surface area contributed by atoms with Gasteiger partial charge in [-0.15, -0.1) is 0 Å². The highest BCUT2D eigenvalue weighted by Gasteiger charge is 2.27. The summed E-state index contributed by atoms with van der Waals surface area (Å²) >= 11 is 0. The van der Waals surface area contributed by atoms with Crippen LogP contribution in [-0.2, 0) is 13.1 Å². The Balaban J connectivity index is 1.78. The lowest BCUT2D eigenvalue weighted by atomic mass is 9.97. The van der Waals surface area contributed by atoms with Gasteiger partial charge in [-0.1, -0.05) is 13.3 Å². The lowest BCUT2D eigenvalue weighted by molar-refractivity contribution is 0.131. The summed E-state index contributed by atoms with van der Waals surface area (Å²) in [5.41, 5.74) is 2.55. The van der Waals surface area contributed by atoms with E-state index in [9.17, 15) is 0 Å². The zero-order valence-electron chi connectivity index (χ0n) is 13.0. The predicted octanol–water partition coefficient (Wildman–Crippen LogP) is 3.05. The number of hydrogen-bond donors (Lipinski definition) is 1. The van der Waals surface area contributed by atoms with Crippen LogP contribution in [0, 0.1) is 6.92 Å². The van der Waals surface area contributed by atoms with Crippen LogP contribution in [0.15, 0.2) is 18.6 Å². The van der Waals surface area contributed by atoms with Gasteiger partial charge in [-0.05, 0) is 38.3 Å². The minimum atomic E-state index is 0.452. The Bertz CT molecular complexity index is 571. The summed E-state index contributed by atoms with van der Waals surface area (Å²) in [5.74, 6) is 1.18. The van der Waals surface area contributed by atoms with E-state index in [-0.39, 0.29) is 0 Å². The van der Waals surface area contributed by atoms with Crippen LogP contribution in [0.25, 0.3) is 0 Å². The molecule has 1 aliphatic rings. The molecule has 0 radical (unpaired) electrons. The summed E-state index contributed by atoms with van der Waals surface area (Å²) in [7, 11) is 0. The predicted molar refractivity (Wildman–Crippen MR) is 82.8 cm³/mol. The lowest BCUT2D eigenvalue weighted by Gasteiger charge is -2.35. The van der Waals surface area contributed by atoms with Crippen LogP contribution in [0.3, 0.4) is 0 Å². The van der Waals surface area contributed by atoms with E-state index in [0.29, 0.717) is 6.04 Å². The van der Waals surface area contributed by atoms with Crippen molar-refractivity contribution in [1.29, 1.82) is 0 Å². The molecule has 0 aromatic carbocycles. The smallest absolute Gasteiger partial charge is 0.122 e. The third-order valence-electron chi connectivity index (χ3n) is 4.43. The molecule has 2 aromatic rings. The highest BCUT2D eigenvalue weighted by atomic mass is 15.2. The Labute approximate surface area is 126 Å². The fraction of sp³-hybridized carbons (Fsp3) is 0.625. The average molecular weight is 287 g/mol. The summed E-state index contributed by atoms with van der Waals surface area (Å²) in [6, 6.07) is 0.452. The van der Waals surface area contributed by atoms with Gasteiger partial charge < -0.3 is 4.57 Å². The molecule has 5 nitrogen and oxygen atoms in total. The van der Waals surface area contributed by atoms with Gasteiger partial charge in [0.1, 0.15) is 5.82 Å². The summed E-state index contributed by atoms with van der Waals surface area (Å²) in [6.45, 7) is 7.47. The standard InChI is InChI=1S/C16H25N5/c1-3-8-20-10-7-17-15(20)12-21-9-5-4-6-14(21)16-13(2)11-18-19-16/h7,10-11,14H,3-6,8-9,12H2,1-2H3,(H,18,19)/t14-/m1/s1. The van der Waals surface area contributed by atoms with Crippen molar-refractivity contribution in [1.82, 2.24) is 24.6 Å². The summed E-state index contributed by atoms with van der Waals surface area (Å²) in [5, 5.41) is 7.41. The summed E-state index contributed by atoms with van der Waals surface area (Å²) in [6.07, 6.45) is 10.9. The van der Waals surface area contributed by atoms with Crippen molar-refractivity contribution in [2.24, 2.45) is 0 Å². The van der Waals surface area contributed by atoms with Crippen molar-refractivity contribution in [2.75, 3.05) is 6.54 Å². The number of nitrogens with one attached hydrogen (secondary N) is 1. The van der Waals surface area contributed by atoms with Gasteiger partial charge in [-0.3, -0.25) is 10.00 Å². The number of hydrogen-bond acceptors (Lipinski definition) is 3. The van der Waals surface area contributed by atoms with Crippen molar-refractivity contribution in [2.45, 2.75) is 58.7 Å². The maximum absolute atomic E-state index is 4.56. The molecule has 1 fully saturated rings. The van der Waals surface area contributed by atoms with Crippen molar-refractivity contribution in [3.8, 4) is 0 Å². The monoisotopic (exact) mass is 287 g/mol. The molecule has 1 N–H and O–H groups in total. The molecular weight excluding hydrogens is 262 g/mol. The molecule has 0 aliphatic carbocycles. The van der Waals surface area contributed by atoms with Gasteiger partial charge in [0.15, 0.2) is 0 Å². The molecule has 1 aliphatic heterocycles. The van der Waals surface area contributed by atoms with Gasteiger partial charge in [-0.2, -0.15) is 5.10 Å². The molecule has 0 bridgehead atoms.